The fourth-order valence-corrected chi connectivity index (χ4v) is 2.56. The first-order chi connectivity index (χ1) is 9.83. The zero-order chi connectivity index (χ0) is 13.9. The van der Waals surface area contributed by atoms with Gasteiger partial charge in [0.15, 0.2) is 0 Å². The zero-order valence-electron chi connectivity index (χ0n) is 11.5. The molecule has 0 bridgehead atoms. The molecule has 0 saturated carbocycles. The van der Waals surface area contributed by atoms with Gasteiger partial charge in [0, 0.05) is 16.5 Å². The second kappa shape index (κ2) is 5.43. The van der Waals surface area contributed by atoms with E-state index in [1.807, 2.05) is 42.5 Å². The van der Waals surface area contributed by atoms with Gasteiger partial charge < -0.3 is 5.11 Å². The summed E-state index contributed by atoms with van der Waals surface area (Å²) in [5, 5.41) is 10.7. The van der Waals surface area contributed by atoms with E-state index in [0.29, 0.717) is 0 Å². The molecule has 0 unspecified atom stereocenters. The first-order valence-electron chi connectivity index (χ1n) is 6.91. The summed E-state index contributed by atoms with van der Waals surface area (Å²) >= 11 is 0. The van der Waals surface area contributed by atoms with E-state index in [-0.39, 0.29) is 6.61 Å². The largest absolute Gasteiger partial charge is 0.392 e. The quantitative estimate of drug-likeness (QED) is 0.776. The average Bonchev–Trinajstić information content (AvgIpc) is 2.53. The van der Waals surface area contributed by atoms with Crippen LogP contribution in [0.4, 0.5) is 0 Å². The van der Waals surface area contributed by atoms with Gasteiger partial charge in [0.25, 0.3) is 0 Å². The Morgan fingerprint density at radius 3 is 2.45 bits per heavy atom. The van der Waals surface area contributed by atoms with Crippen LogP contribution in [0.5, 0.6) is 0 Å². The second-order valence-electron chi connectivity index (χ2n) is 4.86. The van der Waals surface area contributed by atoms with Crippen LogP contribution in [0.3, 0.4) is 0 Å². The molecule has 2 aromatic carbocycles. The van der Waals surface area contributed by atoms with Gasteiger partial charge in [-0.3, -0.25) is 0 Å². The number of rotatable bonds is 3. The van der Waals surface area contributed by atoms with Crippen LogP contribution in [0.25, 0.3) is 22.2 Å². The lowest BCUT2D eigenvalue weighted by Crippen LogP contribution is -1.96. The molecule has 3 aromatic rings. The number of hydrogen-bond donors (Lipinski definition) is 1. The van der Waals surface area contributed by atoms with Gasteiger partial charge in [-0.05, 0) is 18.1 Å². The van der Waals surface area contributed by atoms with Crippen molar-refractivity contribution in [2.75, 3.05) is 0 Å². The average molecular weight is 263 g/mol. The smallest absolute Gasteiger partial charge is 0.0764 e. The molecule has 100 valence electrons. The predicted molar refractivity (Wildman–Crippen MR) is 82.5 cm³/mol. The van der Waals surface area contributed by atoms with E-state index >= 15 is 0 Å². The maximum atomic E-state index is 9.63. The van der Waals surface area contributed by atoms with Crippen LogP contribution in [0.15, 0.2) is 54.6 Å². The number of aliphatic hydroxyl groups excluding tert-OH is 1. The fraction of sp³-hybridized carbons (Fsp3) is 0.167. The number of hydrogen-bond acceptors (Lipinski definition) is 2. The molecule has 1 heterocycles. The second-order valence-corrected chi connectivity index (χ2v) is 4.86. The summed E-state index contributed by atoms with van der Waals surface area (Å²) in [7, 11) is 0. The number of aliphatic hydroxyl groups is 1. The Bertz CT molecular complexity index is 735. The van der Waals surface area contributed by atoms with Crippen LogP contribution < -0.4 is 0 Å². The van der Waals surface area contributed by atoms with E-state index in [4.69, 9.17) is 4.98 Å². The third-order valence-electron chi connectivity index (χ3n) is 3.61. The summed E-state index contributed by atoms with van der Waals surface area (Å²) in [4.78, 5) is 4.83. The molecular formula is C18H17NO. The molecule has 20 heavy (non-hydrogen) atoms. The van der Waals surface area contributed by atoms with Crippen molar-refractivity contribution in [3.63, 3.8) is 0 Å². The number of benzene rings is 2. The highest BCUT2D eigenvalue weighted by Crippen LogP contribution is 2.27. The molecule has 0 radical (unpaired) electrons. The van der Waals surface area contributed by atoms with E-state index in [1.54, 1.807) is 0 Å². The molecule has 2 heteroatoms. The highest BCUT2D eigenvalue weighted by Gasteiger charge is 2.10. The fourth-order valence-electron chi connectivity index (χ4n) is 2.56. The number of para-hydroxylation sites is 1. The third kappa shape index (κ3) is 2.19. The van der Waals surface area contributed by atoms with Gasteiger partial charge in [0.1, 0.15) is 0 Å². The molecule has 1 aromatic heterocycles. The number of fused-ring (bicyclic) bond motifs is 1. The summed E-state index contributed by atoms with van der Waals surface area (Å²) in [6.07, 6.45) is 0.955. The molecule has 0 atom stereocenters. The molecule has 0 aliphatic heterocycles. The van der Waals surface area contributed by atoms with Crippen molar-refractivity contribution in [3.05, 3.63) is 65.7 Å². The number of aromatic nitrogens is 1. The lowest BCUT2D eigenvalue weighted by molar-refractivity contribution is 0.282. The van der Waals surface area contributed by atoms with Gasteiger partial charge in [-0.1, -0.05) is 55.5 Å². The van der Waals surface area contributed by atoms with E-state index in [1.165, 1.54) is 5.56 Å². The minimum absolute atomic E-state index is 0.00349. The van der Waals surface area contributed by atoms with E-state index in [2.05, 4.69) is 19.1 Å². The summed E-state index contributed by atoms with van der Waals surface area (Å²) in [5.41, 5.74) is 5.07. The number of nitrogens with zero attached hydrogens (tertiary/aromatic N) is 1. The van der Waals surface area contributed by atoms with Crippen LogP contribution in [0.1, 0.15) is 18.1 Å². The normalized spacial score (nSPS) is 10.9. The molecule has 0 aliphatic carbocycles. The Hall–Kier alpha value is -2.19. The Morgan fingerprint density at radius 2 is 1.75 bits per heavy atom. The Kier molecular flexibility index (Phi) is 3.48. The first-order valence-corrected chi connectivity index (χ1v) is 6.91. The first kappa shape index (κ1) is 12.8. The molecule has 1 N–H and O–H groups in total. The van der Waals surface area contributed by atoms with Gasteiger partial charge in [-0.25, -0.2) is 4.98 Å². The molecule has 0 amide bonds. The predicted octanol–water partition coefficient (Wildman–Crippen LogP) is 3.96. The van der Waals surface area contributed by atoms with Crippen molar-refractivity contribution in [1.29, 1.82) is 0 Å². The van der Waals surface area contributed by atoms with Crippen LogP contribution in [-0.2, 0) is 13.0 Å². The number of pyridine rings is 1. The Balaban J connectivity index is 2.30. The topological polar surface area (TPSA) is 33.1 Å². The van der Waals surface area contributed by atoms with Crippen LogP contribution >= 0.6 is 0 Å². The monoisotopic (exact) mass is 263 g/mol. The van der Waals surface area contributed by atoms with E-state index in [9.17, 15) is 5.11 Å². The summed E-state index contributed by atoms with van der Waals surface area (Å²) < 4.78 is 0. The Labute approximate surface area is 118 Å². The molecule has 0 aliphatic rings. The molecule has 0 fully saturated rings. The van der Waals surface area contributed by atoms with Gasteiger partial charge in [-0.15, -0.1) is 0 Å². The molecule has 2 nitrogen and oxygen atoms in total. The van der Waals surface area contributed by atoms with Gasteiger partial charge in [0.2, 0.25) is 0 Å². The van der Waals surface area contributed by atoms with E-state index < -0.39 is 0 Å². The number of aryl methyl sites for hydroxylation is 1. The molecule has 3 rings (SSSR count). The van der Waals surface area contributed by atoms with Gasteiger partial charge >= 0.3 is 0 Å². The zero-order valence-corrected chi connectivity index (χ0v) is 11.5. The van der Waals surface area contributed by atoms with Crippen molar-refractivity contribution in [2.45, 2.75) is 20.0 Å². The van der Waals surface area contributed by atoms with Crippen molar-refractivity contribution in [3.8, 4) is 11.3 Å². The minimum atomic E-state index is 0.00349. The van der Waals surface area contributed by atoms with Crippen LogP contribution in [0, 0.1) is 0 Å². The maximum absolute atomic E-state index is 9.63. The van der Waals surface area contributed by atoms with Gasteiger partial charge in [0.05, 0.1) is 17.8 Å². The van der Waals surface area contributed by atoms with Crippen molar-refractivity contribution in [1.82, 2.24) is 4.98 Å². The summed E-state index contributed by atoms with van der Waals surface area (Å²) in [6, 6.07) is 18.3. The van der Waals surface area contributed by atoms with Crippen LogP contribution in [0.2, 0.25) is 0 Å². The van der Waals surface area contributed by atoms with Crippen molar-refractivity contribution >= 4 is 10.9 Å². The van der Waals surface area contributed by atoms with Gasteiger partial charge in [-0.2, -0.15) is 0 Å². The summed E-state index contributed by atoms with van der Waals surface area (Å²) in [5.74, 6) is 0. The highest BCUT2D eigenvalue weighted by atomic mass is 16.3. The van der Waals surface area contributed by atoms with Crippen molar-refractivity contribution in [2.24, 2.45) is 0 Å². The Morgan fingerprint density at radius 1 is 0.950 bits per heavy atom. The lowest BCUT2D eigenvalue weighted by Gasteiger charge is -2.11. The SMILES string of the molecule is CCc1cccc2cc(CO)c(-c3ccccc3)nc12. The van der Waals surface area contributed by atoms with E-state index in [0.717, 1.165) is 34.1 Å². The van der Waals surface area contributed by atoms with Crippen molar-refractivity contribution < 1.29 is 5.11 Å². The lowest BCUT2D eigenvalue weighted by atomic mass is 10.0. The standard InChI is InChI=1S/C18H17NO/c1-2-13-9-6-10-15-11-16(12-20)18(19-17(13)15)14-7-4-3-5-8-14/h3-11,20H,2,12H2,1H3. The molecular weight excluding hydrogens is 246 g/mol. The third-order valence-corrected chi connectivity index (χ3v) is 3.61. The minimum Gasteiger partial charge on any atom is -0.392 e. The molecule has 0 saturated heterocycles. The van der Waals surface area contributed by atoms with Crippen LogP contribution in [-0.4, -0.2) is 10.1 Å². The summed E-state index contributed by atoms with van der Waals surface area (Å²) in [6.45, 7) is 2.14. The highest BCUT2D eigenvalue weighted by molar-refractivity contribution is 5.86. The maximum Gasteiger partial charge on any atom is 0.0764 e. The molecule has 0 spiro atoms.